The maximum atomic E-state index is 14.9. The summed E-state index contributed by atoms with van der Waals surface area (Å²) in [6.45, 7) is 16.3. The molecule has 4 aliphatic heterocycles. The first-order chi connectivity index (χ1) is 58.6. The lowest BCUT2D eigenvalue weighted by Gasteiger charge is -2.29. The number of carbonyl (C=O) groups is 4. The van der Waals surface area contributed by atoms with Gasteiger partial charge in [-0.05, 0) is 193 Å². The Morgan fingerprint density at radius 2 is 0.677 bits per heavy atom. The minimum absolute atomic E-state index is 0.00360. The number of amidine groups is 4. The summed E-state index contributed by atoms with van der Waals surface area (Å²) in [4.78, 5) is 83.6. The minimum Gasteiger partial charge on any atom is -0.495 e. The zero-order valence-electron chi connectivity index (χ0n) is 72.8. The highest BCUT2D eigenvalue weighted by molar-refractivity contribution is 7.92. The van der Waals surface area contributed by atoms with Gasteiger partial charge in [0.15, 0.2) is 5.69 Å². The number of ether oxygens (including phenoxy) is 2. The summed E-state index contributed by atoms with van der Waals surface area (Å²) in [6, 6.07) is 23.3. The Balaban J connectivity index is 0.000000191. The number of rotatable bonds is 15. The van der Waals surface area contributed by atoms with Crippen molar-refractivity contribution in [3.05, 3.63) is 208 Å². The number of nitrogens with zero attached hydrogens (tertiary/aromatic N) is 14. The summed E-state index contributed by atoms with van der Waals surface area (Å²) in [5.41, 5.74) is 21.2. The van der Waals surface area contributed by atoms with E-state index in [1.165, 1.54) is 196 Å². The van der Waals surface area contributed by atoms with Gasteiger partial charge >= 0.3 is 6.55 Å². The number of amides is 4. The molecule has 4 aromatic heterocycles. The molecular formula is C81H100F6N22O14S4. The van der Waals surface area contributed by atoms with Gasteiger partial charge in [-0.2, -0.15) is 13.9 Å². The molecule has 46 heteroatoms. The van der Waals surface area contributed by atoms with Crippen LogP contribution in [0.4, 0.5) is 49.1 Å². The average Bonchev–Trinajstić information content (AvgIpc) is 1.62. The van der Waals surface area contributed by atoms with Crippen LogP contribution in [0.1, 0.15) is 159 Å². The van der Waals surface area contributed by atoms with Crippen molar-refractivity contribution in [3.63, 3.8) is 0 Å². The van der Waals surface area contributed by atoms with E-state index < -0.39 is 135 Å². The number of hydrogen-bond acceptors (Lipinski definition) is 27. The quantitative estimate of drug-likeness (QED) is 0.0447. The summed E-state index contributed by atoms with van der Waals surface area (Å²) in [5.74, 6) is -4.58. The molecule has 684 valence electrons. The van der Waals surface area contributed by atoms with Gasteiger partial charge in [-0.1, -0.05) is 6.07 Å². The molecule has 0 unspecified atom stereocenters. The van der Waals surface area contributed by atoms with E-state index in [9.17, 15) is 79.2 Å². The fraction of sp³-hybridized carbons (Fsp3) is 0.395. The molecule has 4 aromatic carbocycles. The maximum Gasteiger partial charge on any atom is 0.333 e. The summed E-state index contributed by atoms with van der Waals surface area (Å²) >= 11 is 0. The topological polar surface area (TPSA) is 507 Å². The van der Waals surface area contributed by atoms with Crippen LogP contribution in [0.5, 0.6) is 11.6 Å². The lowest BCUT2D eigenvalue weighted by Crippen LogP contribution is -2.50. The van der Waals surface area contributed by atoms with Crippen LogP contribution in [0.15, 0.2) is 154 Å². The number of aromatic nitrogens is 6. The molecule has 127 heavy (non-hydrogen) atoms. The zero-order valence-corrected chi connectivity index (χ0v) is 76.1. The van der Waals surface area contributed by atoms with Crippen molar-refractivity contribution in [1.82, 2.24) is 46.9 Å². The predicted molar refractivity (Wildman–Crippen MR) is 468 cm³/mol. The highest BCUT2D eigenvalue weighted by Crippen LogP contribution is 2.42. The third-order valence-electron chi connectivity index (χ3n) is 22.0. The monoisotopic (exact) mass is 1850 g/mol. The number of benzene rings is 4. The van der Waals surface area contributed by atoms with Crippen LogP contribution in [0.2, 0.25) is 0 Å². The number of aryl methyl sites for hydroxylation is 1. The lowest BCUT2D eigenvalue weighted by molar-refractivity contribution is 0.0561. The molecule has 4 amide bonds. The van der Waals surface area contributed by atoms with Crippen LogP contribution in [0.3, 0.4) is 0 Å². The Morgan fingerprint density at radius 1 is 0.386 bits per heavy atom. The van der Waals surface area contributed by atoms with E-state index in [-0.39, 0.29) is 112 Å². The number of alkyl halides is 2. The van der Waals surface area contributed by atoms with Crippen molar-refractivity contribution in [3.8, 4) is 11.6 Å². The van der Waals surface area contributed by atoms with Crippen LogP contribution in [0, 0.1) is 30.2 Å². The van der Waals surface area contributed by atoms with E-state index in [0.29, 0.717) is 21.8 Å². The molecule has 36 nitrogen and oxygen atoms in total. The number of nitrogens with one attached hydrogen (secondary N) is 4. The second-order valence-electron chi connectivity index (χ2n) is 33.0. The Bertz CT molecular complexity index is 6030. The normalized spacial score (nSPS) is 22.7. The van der Waals surface area contributed by atoms with E-state index in [0.717, 1.165) is 41.1 Å². The molecule has 0 radical (unpaired) electrons. The second-order valence-corrected chi connectivity index (χ2v) is 43.3. The van der Waals surface area contributed by atoms with Gasteiger partial charge in [0.2, 0.25) is 46.0 Å². The standard InChI is InChI=1S/C21H26FN5O4S.C21H26FN5O3S.C20H25FN6O4S.C19H23F3N6O3S/c1-20(2)19(23)26-21(3,12-27(4)32(20,29)30)15-10-13(6-8-16(15)22)25-18(28)17-9-7-14(31-5)11-24-17;1-13-6-9-17(24-11-13)18(28)25-14-7-8-16(22)15(10-14)21(4)12-27(5)31(29,30)20(2,3)19(23)26-21;1-19(2)18(22)26-20(3,11-27(4)32(19,29)30)13-8-12(6-7-14(13)21)25-17(28)15-9-24-16(31-5)10-23-15;1-18(2)16(23)25-19(3,10-27(4)32(18,30)31)12-9-11(5-6-13(12)20)24-15(29)14-7-8-28(26-14)17(21)22/h6-11H,12H2,1-5H3,(H2,23,26)(H,25,28);6-11H,12H2,1-5H3,(H2,23,26)(H,25,28);6-10H,11H2,1-5H3,(H2,22,26)(H,25,28);5-9,17H,10H2,1-4H3,(H2,23,25)(H,24,29)/t2*21-;20-;19-/m0000/s1. The summed E-state index contributed by atoms with van der Waals surface area (Å²) in [6.07, 6.45) is 6.49. The molecular weight excluding hydrogens is 1750 g/mol. The number of likely N-dealkylation sites (N-methyl/N-ethyl adjacent to an activating group) is 4. The van der Waals surface area contributed by atoms with Gasteiger partial charge in [0.05, 0.1) is 32.8 Å². The van der Waals surface area contributed by atoms with Crippen LogP contribution in [0.25, 0.3) is 0 Å². The number of aliphatic imine (C=N–C) groups is 4. The molecule has 8 heterocycles. The van der Waals surface area contributed by atoms with E-state index in [4.69, 9.17) is 32.4 Å². The van der Waals surface area contributed by atoms with Gasteiger partial charge < -0.3 is 53.7 Å². The Kier molecular flexibility index (Phi) is 28.3. The first-order valence-corrected chi connectivity index (χ1v) is 44.2. The van der Waals surface area contributed by atoms with Gasteiger partial charge in [0, 0.05) is 112 Å². The molecule has 12 rings (SSSR count). The van der Waals surface area contributed by atoms with Gasteiger partial charge in [0.25, 0.3) is 23.6 Å². The number of nitrogens with two attached hydrogens (primary N) is 4. The van der Waals surface area contributed by atoms with Crippen molar-refractivity contribution in [2.24, 2.45) is 42.9 Å². The Labute approximate surface area is 731 Å². The van der Waals surface area contributed by atoms with Crippen LogP contribution < -0.4 is 53.7 Å². The SMILES string of the molecule is CN1C[C@@](C)(c2cc(NC(=O)c3ccn(C(F)F)n3)ccc2F)N=C(N)C(C)(C)S1(=O)=O.COc1ccc(C(=O)Nc2ccc(F)c([C@]3(C)CN(C)S(=O)(=O)C(C)(C)C(N)=N3)c2)nc1.COc1cnc(C(=O)Nc2ccc(F)c([C@]3(C)CN(C)S(=O)(=O)C(C)(C)C(N)=N3)c2)cn1.Cc1ccc(C(=O)Nc2ccc(F)c([C@]3(C)CN(C)S(=O)(=O)C(C)(C)C(N)=N3)c2)nc1. The smallest absolute Gasteiger partial charge is 0.333 e. The molecule has 0 fully saturated rings. The first-order valence-electron chi connectivity index (χ1n) is 38.4. The molecule has 8 aromatic rings. The molecule has 0 spiro atoms. The van der Waals surface area contributed by atoms with Crippen LogP contribution in [-0.4, -0.2) is 215 Å². The van der Waals surface area contributed by atoms with E-state index >= 15 is 0 Å². The number of methoxy groups -OCH3 is 2. The molecule has 0 saturated carbocycles. The van der Waals surface area contributed by atoms with Crippen molar-refractivity contribution < 1.29 is 88.7 Å². The summed E-state index contributed by atoms with van der Waals surface area (Å²) in [7, 11) is -6.85. The minimum atomic E-state index is -3.87. The third kappa shape index (κ3) is 20.1. The summed E-state index contributed by atoms with van der Waals surface area (Å²) < 4.78 is 197. The number of pyridine rings is 2. The van der Waals surface area contributed by atoms with Gasteiger partial charge in [-0.3, -0.25) is 44.1 Å². The Hall–Kier alpha value is -12.0. The highest BCUT2D eigenvalue weighted by atomic mass is 32.2. The fourth-order valence-corrected chi connectivity index (χ4v) is 19.7. The maximum absolute atomic E-state index is 14.9. The van der Waals surface area contributed by atoms with Crippen molar-refractivity contribution in [2.45, 2.75) is 138 Å². The molecule has 4 atom stereocenters. The Morgan fingerprint density at radius 3 is 0.929 bits per heavy atom. The molecule has 0 saturated heterocycles. The number of hydrogen-bond donors (Lipinski definition) is 8. The fourth-order valence-electron chi connectivity index (χ4n) is 13.7. The van der Waals surface area contributed by atoms with Gasteiger partial charge in [0.1, 0.15) is 111 Å². The average molecular weight is 1850 g/mol. The van der Waals surface area contributed by atoms with Crippen molar-refractivity contribution in [1.29, 1.82) is 0 Å². The summed E-state index contributed by atoms with van der Waals surface area (Å²) in [5, 5.41) is 13.9. The van der Waals surface area contributed by atoms with Crippen LogP contribution >= 0.6 is 0 Å². The third-order valence-corrected chi connectivity index (χ3v) is 31.8. The molecule has 12 N–H and O–H groups in total. The predicted octanol–water partition coefficient (Wildman–Crippen LogP) is 8.31. The number of carbonyl (C=O) groups excluding carboxylic acids is 4. The van der Waals surface area contributed by atoms with Crippen molar-refractivity contribution >= 4 is 110 Å². The number of anilines is 4. The lowest BCUT2D eigenvalue weighted by atomic mass is 9.91. The zero-order chi connectivity index (χ0) is 95.0. The molecule has 0 bridgehead atoms. The second kappa shape index (κ2) is 36.4. The molecule has 4 aliphatic rings. The van der Waals surface area contributed by atoms with E-state index in [2.05, 4.69) is 66.3 Å². The largest absolute Gasteiger partial charge is 0.495 e. The first kappa shape index (κ1) is 98.8. The number of sulfonamides is 4. The highest BCUT2D eigenvalue weighted by Gasteiger charge is 2.53. The van der Waals surface area contributed by atoms with E-state index in [1.54, 1.807) is 45.2 Å². The number of halogens is 6. The van der Waals surface area contributed by atoms with E-state index in [1.807, 2.05) is 6.92 Å². The van der Waals surface area contributed by atoms with Crippen LogP contribution in [-0.2, 0) is 62.2 Å². The van der Waals surface area contributed by atoms with Gasteiger partial charge in [-0.25, -0.2) is 88.1 Å². The van der Waals surface area contributed by atoms with Gasteiger partial charge in [-0.15, -0.1) is 0 Å². The molecule has 0 aliphatic carbocycles. The van der Waals surface area contributed by atoms with Crippen molar-refractivity contribution in [2.75, 3.05) is 89.9 Å².